The molecule has 17 heavy (non-hydrogen) atoms. The molecule has 1 aliphatic heterocycles. The number of ether oxygens (including phenoxy) is 1. The van der Waals surface area contributed by atoms with Crippen LogP contribution in [0.4, 0.5) is 0 Å². The number of allylic oxidation sites excluding steroid dienone is 1. The molecule has 2 atom stereocenters. The Labute approximate surface area is 101 Å². The van der Waals surface area contributed by atoms with Crippen LogP contribution in [0.25, 0.3) is 6.08 Å². The van der Waals surface area contributed by atoms with Gasteiger partial charge in [-0.1, -0.05) is 36.4 Å². The molecule has 0 spiro atoms. The molecule has 0 aromatic heterocycles. The van der Waals surface area contributed by atoms with Gasteiger partial charge in [0.05, 0.1) is 0 Å². The van der Waals surface area contributed by atoms with Crippen molar-refractivity contribution in [3.8, 4) is 0 Å². The minimum atomic E-state index is -0.157. The number of rotatable bonds is 1. The Morgan fingerprint density at radius 3 is 2.88 bits per heavy atom. The minimum absolute atomic E-state index is 0.0359. The number of hydrogen-bond acceptors (Lipinski definition) is 2. The first-order valence-corrected chi connectivity index (χ1v) is 5.99. The van der Waals surface area contributed by atoms with E-state index >= 15 is 0 Å². The minimum Gasteiger partial charge on any atom is -0.454 e. The average Bonchev–Trinajstić information content (AvgIpc) is 2.68. The maximum atomic E-state index is 11.8. The van der Waals surface area contributed by atoms with Crippen LogP contribution in [0.1, 0.15) is 18.4 Å². The molecule has 2 nitrogen and oxygen atoms in total. The quantitative estimate of drug-likeness (QED) is 0.418. The largest absolute Gasteiger partial charge is 0.454 e. The van der Waals surface area contributed by atoms with Gasteiger partial charge in [0, 0.05) is 11.5 Å². The van der Waals surface area contributed by atoms with E-state index in [1.807, 2.05) is 42.5 Å². The summed E-state index contributed by atoms with van der Waals surface area (Å²) in [6.07, 6.45) is 8.07. The van der Waals surface area contributed by atoms with E-state index in [9.17, 15) is 4.79 Å². The van der Waals surface area contributed by atoms with E-state index in [-0.39, 0.29) is 18.0 Å². The predicted molar refractivity (Wildman–Crippen MR) is 66.2 cm³/mol. The van der Waals surface area contributed by atoms with Crippen molar-refractivity contribution in [2.75, 3.05) is 0 Å². The molecule has 1 saturated heterocycles. The molecule has 0 bridgehead atoms. The molecule has 0 amide bonds. The number of esters is 1. The SMILES string of the molecule is O=C1OC2C=CCCC2/C1=C/c1ccccc1. The lowest BCUT2D eigenvalue weighted by molar-refractivity contribution is -0.137. The van der Waals surface area contributed by atoms with E-state index in [1.54, 1.807) is 0 Å². The maximum Gasteiger partial charge on any atom is 0.335 e. The van der Waals surface area contributed by atoms with Crippen LogP contribution in [-0.4, -0.2) is 12.1 Å². The van der Waals surface area contributed by atoms with Gasteiger partial charge in [0.25, 0.3) is 0 Å². The highest BCUT2D eigenvalue weighted by molar-refractivity contribution is 5.96. The summed E-state index contributed by atoms with van der Waals surface area (Å²) in [6, 6.07) is 9.94. The lowest BCUT2D eigenvalue weighted by Crippen LogP contribution is -2.16. The van der Waals surface area contributed by atoms with E-state index in [0.717, 1.165) is 24.0 Å². The van der Waals surface area contributed by atoms with Crippen molar-refractivity contribution < 1.29 is 9.53 Å². The smallest absolute Gasteiger partial charge is 0.335 e. The van der Waals surface area contributed by atoms with Crippen LogP contribution in [0.5, 0.6) is 0 Å². The normalized spacial score (nSPS) is 29.2. The van der Waals surface area contributed by atoms with E-state index < -0.39 is 0 Å². The number of hydrogen-bond donors (Lipinski definition) is 0. The number of carbonyl (C=O) groups is 1. The second kappa shape index (κ2) is 4.21. The van der Waals surface area contributed by atoms with E-state index in [4.69, 9.17) is 4.74 Å². The summed E-state index contributed by atoms with van der Waals surface area (Å²) in [5.41, 5.74) is 1.89. The molecule has 2 unspecified atom stereocenters. The summed E-state index contributed by atoms with van der Waals surface area (Å²) in [4.78, 5) is 11.8. The van der Waals surface area contributed by atoms with E-state index in [0.29, 0.717) is 0 Å². The molecule has 0 radical (unpaired) electrons. The molecule has 0 saturated carbocycles. The second-order valence-corrected chi connectivity index (χ2v) is 4.49. The van der Waals surface area contributed by atoms with Crippen LogP contribution in [0.3, 0.4) is 0 Å². The molecule has 86 valence electrons. The molecule has 1 aromatic rings. The van der Waals surface area contributed by atoms with Gasteiger partial charge < -0.3 is 4.74 Å². The van der Waals surface area contributed by atoms with Crippen LogP contribution in [-0.2, 0) is 9.53 Å². The molecule has 2 heteroatoms. The summed E-state index contributed by atoms with van der Waals surface area (Å²) in [5.74, 6) is 0.0862. The van der Waals surface area contributed by atoms with Gasteiger partial charge in [0.1, 0.15) is 6.10 Å². The van der Waals surface area contributed by atoms with Crippen LogP contribution in [0.2, 0.25) is 0 Å². The fourth-order valence-electron chi connectivity index (χ4n) is 2.50. The van der Waals surface area contributed by atoms with Gasteiger partial charge in [0.15, 0.2) is 0 Å². The first kappa shape index (κ1) is 10.3. The Kier molecular flexibility index (Phi) is 2.56. The van der Waals surface area contributed by atoms with Gasteiger partial charge in [-0.05, 0) is 30.6 Å². The van der Waals surface area contributed by atoms with Crippen LogP contribution < -0.4 is 0 Å². The number of carbonyl (C=O) groups excluding carboxylic acids is 1. The number of fused-ring (bicyclic) bond motifs is 1. The molecule has 3 rings (SSSR count). The lowest BCUT2D eigenvalue weighted by Gasteiger charge is -2.17. The highest BCUT2D eigenvalue weighted by Gasteiger charge is 2.38. The Hall–Kier alpha value is -1.83. The van der Waals surface area contributed by atoms with Gasteiger partial charge in [0.2, 0.25) is 0 Å². The van der Waals surface area contributed by atoms with Crippen LogP contribution in [0.15, 0.2) is 48.1 Å². The van der Waals surface area contributed by atoms with Crippen molar-refractivity contribution in [1.29, 1.82) is 0 Å². The Balaban J connectivity index is 1.95. The molecule has 0 N–H and O–H groups in total. The zero-order valence-electron chi connectivity index (χ0n) is 9.50. The molecule has 1 fully saturated rings. The molecular weight excluding hydrogens is 212 g/mol. The third kappa shape index (κ3) is 1.91. The first-order valence-electron chi connectivity index (χ1n) is 5.99. The molecule has 1 aliphatic carbocycles. The Morgan fingerprint density at radius 1 is 1.24 bits per heavy atom. The standard InChI is InChI=1S/C15H14O2/c16-15-13(10-11-6-2-1-3-7-11)12-8-4-5-9-14(12)17-15/h1-3,5-7,9-10,12,14H,4,8H2/b13-10-. The van der Waals surface area contributed by atoms with Crippen LogP contribution in [0, 0.1) is 5.92 Å². The van der Waals surface area contributed by atoms with Gasteiger partial charge in [-0.15, -0.1) is 0 Å². The zero-order valence-corrected chi connectivity index (χ0v) is 9.50. The molecular formula is C15H14O2. The topological polar surface area (TPSA) is 26.3 Å². The zero-order chi connectivity index (χ0) is 11.7. The highest BCUT2D eigenvalue weighted by atomic mass is 16.5. The van der Waals surface area contributed by atoms with Crippen molar-refractivity contribution in [2.24, 2.45) is 5.92 Å². The molecule has 1 aromatic carbocycles. The van der Waals surface area contributed by atoms with Crippen molar-refractivity contribution in [2.45, 2.75) is 18.9 Å². The summed E-state index contributed by atoms with van der Waals surface area (Å²) < 4.78 is 5.36. The van der Waals surface area contributed by atoms with Crippen molar-refractivity contribution in [3.63, 3.8) is 0 Å². The average molecular weight is 226 g/mol. The van der Waals surface area contributed by atoms with Gasteiger partial charge in [-0.3, -0.25) is 0 Å². The summed E-state index contributed by atoms with van der Waals surface area (Å²) in [6.45, 7) is 0. The summed E-state index contributed by atoms with van der Waals surface area (Å²) in [7, 11) is 0. The van der Waals surface area contributed by atoms with Crippen molar-refractivity contribution in [3.05, 3.63) is 53.6 Å². The Bertz CT molecular complexity index is 485. The van der Waals surface area contributed by atoms with Crippen molar-refractivity contribution in [1.82, 2.24) is 0 Å². The summed E-state index contributed by atoms with van der Waals surface area (Å²) in [5, 5.41) is 0. The van der Waals surface area contributed by atoms with E-state index in [2.05, 4.69) is 6.08 Å². The lowest BCUT2D eigenvalue weighted by atomic mass is 9.86. The third-order valence-corrected chi connectivity index (χ3v) is 3.37. The monoisotopic (exact) mass is 226 g/mol. The van der Waals surface area contributed by atoms with E-state index in [1.165, 1.54) is 0 Å². The fraction of sp³-hybridized carbons (Fsp3) is 0.267. The number of benzene rings is 1. The predicted octanol–water partition coefficient (Wildman–Crippen LogP) is 2.96. The first-order chi connectivity index (χ1) is 8.34. The second-order valence-electron chi connectivity index (χ2n) is 4.49. The summed E-state index contributed by atoms with van der Waals surface area (Å²) >= 11 is 0. The van der Waals surface area contributed by atoms with Gasteiger partial charge in [-0.25, -0.2) is 4.79 Å². The van der Waals surface area contributed by atoms with Gasteiger partial charge >= 0.3 is 5.97 Å². The maximum absolute atomic E-state index is 11.8. The molecule has 2 aliphatic rings. The third-order valence-electron chi connectivity index (χ3n) is 3.37. The van der Waals surface area contributed by atoms with Gasteiger partial charge in [-0.2, -0.15) is 0 Å². The van der Waals surface area contributed by atoms with Crippen molar-refractivity contribution >= 4 is 12.0 Å². The van der Waals surface area contributed by atoms with Crippen LogP contribution >= 0.6 is 0 Å². The fourth-order valence-corrected chi connectivity index (χ4v) is 2.50. The Morgan fingerprint density at radius 2 is 2.06 bits per heavy atom. The highest BCUT2D eigenvalue weighted by Crippen LogP contribution is 2.36. The molecule has 1 heterocycles.